The van der Waals surface area contributed by atoms with Crippen molar-refractivity contribution in [2.45, 2.75) is 51.7 Å². The van der Waals surface area contributed by atoms with Crippen LogP contribution in [0.3, 0.4) is 0 Å². The first kappa shape index (κ1) is 22.6. The van der Waals surface area contributed by atoms with Crippen LogP contribution in [0.4, 0.5) is 15.3 Å². The molecule has 2 N–H and O–H groups in total. The Morgan fingerprint density at radius 3 is 2.56 bits per heavy atom. The van der Waals surface area contributed by atoms with Gasteiger partial charge < -0.3 is 20.4 Å². The lowest BCUT2D eigenvalue weighted by atomic mass is 10.0. The Labute approximate surface area is 200 Å². The smallest absolute Gasteiger partial charge is 0.330 e. The average molecular weight is 550 g/mol. The van der Waals surface area contributed by atoms with Crippen LogP contribution in [0.25, 0.3) is 0 Å². The Kier molecular flexibility index (Phi) is 6.68. The summed E-state index contributed by atoms with van der Waals surface area (Å²) in [7, 11) is 0. The van der Waals surface area contributed by atoms with Gasteiger partial charge in [0.2, 0.25) is 5.91 Å². The van der Waals surface area contributed by atoms with Crippen LogP contribution in [0.15, 0.2) is 30.5 Å². The first-order chi connectivity index (χ1) is 15.3. The molecular formula is C22H27IN6O3. The van der Waals surface area contributed by atoms with E-state index in [2.05, 4.69) is 38.2 Å². The number of rotatable bonds is 5. The lowest BCUT2D eigenvalue weighted by Gasteiger charge is -2.36. The molecule has 4 rings (SSSR count). The van der Waals surface area contributed by atoms with Gasteiger partial charge in [0.15, 0.2) is 0 Å². The Morgan fingerprint density at radius 2 is 1.91 bits per heavy atom. The van der Waals surface area contributed by atoms with Gasteiger partial charge in [-0.15, -0.1) is 0 Å². The van der Waals surface area contributed by atoms with Crippen molar-refractivity contribution in [3.05, 3.63) is 45.6 Å². The highest BCUT2D eigenvalue weighted by Crippen LogP contribution is 2.26. The first-order valence-corrected chi connectivity index (χ1v) is 11.8. The van der Waals surface area contributed by atoms with Gasteiger partial charge in [-0.25, -0.2) is 14.6 Å². The van der Waals surface area contributed by atoms with E-state index in [0.717, 1.165) is 22.1 Å². The molecule has 3 heterocycles. The molecule has 4 amide bonds. The number of hydrogen-bond acceptors (Lipinski definition) is 4. The third-order valence-corrected chi connectivity index (χ3v) is 6.72. The van der Waals surface area contributed by atoms with Gasteiger partial charge in [0, 0.05) is 40.9 Å². The van der Waals surface area contributed by atoms with E-state index < -0.39 is 0 Å². The fraction of sp³-hybridized carbons (Fsp3) is 0.455. The zero-order valence-electron chi connectivity index (χ0n) is 18.2. The summed E-state index contributed by atoms with van der Waals surface area (Å²) in [5.74, 6) is 0.734. The minimum atomic E-state index is -0.327. The molecule has 0 bridgehead atoms. The number of aromatic nitrogens is 2. The topological polar surface area (TPSA) is 99.6 Å². The van der Waals surface area contributed by atoms with Crippen molar-refractivity contribution in [1.82, 2.24) is 24.7 Å². The quantitative estimate of drug-likeness (QED) is 0.559. The van der Waals surface area contributed by atoms with Gasteiger partial charge in [-0.1, -0.05) is 0 Å². The second-order valence-corrected chi connectivity index (χ2v) is 9.61. The Hall–Kier alpha value is -2.63. The van der Waals surface area contributed by atoms with Crippen molar-refractivity contribution in [1.29, 1.82) is 0 Å². The number of nitrogens with zero attached hydrogens (tertiary/aromatic N) is 4. The highest BCUT2D eigenvalue weighted by atomic mass is 127. The number of fused-ring (bicyclic) bond motifs is 1. The predicted octanol–water partition coefficient (Wildman–Crippen LogP) is 3.17. The van der Waals surface area contributed by atoms with E-state index in [1.165, 1.54) is 0 Å². The van der Waals surface area contributed by atoms with Crippen LogP contribution in [-0.4, -0.2) is 62.5 Å². The molecule has 2 aliphatic rings. The standard InChI is InChI=1S/C22H27IN6O3/c1-14(25-21(31)26-17-5-3-16(23)4-6-17)11-20(30)27-9-7-18(8-10-27)28-13-19-12-24-15(2)29(19)22(28)32/h3-6,12,14,18H,7-11,13H2,1-2H3,(H2,25,26,31). The zero-order chi connectivity index (χ0) is 22.8. The minimum absolute atomic E-state index is 0.0169. The molecule has 1 fully saturated rings. The van der Waals surface area contributed by atoms with Crippen LogP contribution in [0, 0.1) is 10.5 Å². The van der Waals surface area contributed by atoms with Gasteiger partial charge in [0.1, 0.15) is 5.82 Å². The molecule has 0 saturated carbocycles. The van der Waals surface area contributed by atoms with Crippen LogP contribution >= 0.6 is 22.6 Å². The second kappa shape index (κ2) is 9.47. The third kappa shape index (κ3) is 4.89. The molecule has 1 atom stereocenters. The van der Waals surface area contributed by atoms with Crippen LogP contribution in [0.1, 0.15) is 37.7 Å². The van der Waals surface area contributed by atoms with Crippen molar-refractivity contribution in [3.63, 3.8) is 0 Å². The number of amides is 4. The highest BCUT2D eigenvalue weighted by molar-refractivity contribution is 14.1. The monoisotopic (exact) mass is 550 g/mol. The summed E-state index contributed by atoms with van der Waals surface area (Å²) in [6.45, 7) is 5.46. The number of urea groups is 1. The molecule has 0 spiro atoms. The molecular weight excluding hydrogens is 523 g/mol. The number of hydrogen-bond donors (Lipinski definition) is 2. The fourth-order valence-corrected chi connectivity index (χ4v) is 4.67. The number of halogens is 1. The maximum atomic E-state index is 12.7. The lowest BCUT2D eigenvalue weighted by molar-refractivity contribution is -0.133. The maximum Gasteiger partial charge on any atom is 0.330 e. The van der Waals surface area contributed by atoms with Crippen LogP contribution in [-0.2, 0) is 11.3 Å². The summed E-state index contributed by atoms with van der Waals surface area (Å²) in [6, 6.07) is 6.99. The number of piperidine rings is 1. The maximum absolute atomic E-state index is 12.7. The molecule has 10 heteroatoms. The number of likely N-dealkylation sites (tertiary alicyclic amines) is 1. The SMILES string of the molecule is Cc1ncc2n1C(=O)N(C1CCN(C(=O)CC(C)NC(=O)Nc3ccc(I)cc3)CC1)C2. The number of nitrogens with one attached hydrogen (secondary N) is 2. The lowest BCUT2D eigenvalue weighted by Crippen LogP contribution is -2.48. The zero-order valence-corrected chi connectivity index (χ0v) is 20.3. The summed E-state index contributed by atoms with van der Waals surface area (Å²) in [5.41, 5.74) is 1.63. The number of anilines is 1. The Bertz CT molecular complexity index is 1010. The molecule has 2 aliphatic heterocycles. The Balaban J connectivity index is 1.22. The van der Waals surface area contributed by atoms with E-state index in [1.54, 1.807) is 10.8 Å². The molecule has 2 aromatic rings. The third-order valence-electron chi connectivity index (χ3n) is 6.00. The normalized spacial score (nSPS) is 17.3. The molecule has 1 aromatic heterocycles. The molecule has 1 aromatic carbocycles. The summed E-state index contributed by atoms with van der Waals surface area (Å²) in [4.78, 5) is 45.6. The molecule has 170 valence electrons. The van der Waals surface area contributed by atoms with Crippen LogP contribution in [0.5, 0.6) is 0 Å². The minimum Gasteiger partial charge on any atom is -0.342 e. The highest BCUT2D eigenvalue weighted by Gasteiger charge is 2.36. The van der Waals surface area contributed by atoms with Gasteiger partial charge in [-0.2, -0.15) is 0 Å². The molecule has 1 unspecified atom stereocenters. The molecule has 0 aliphatic carbocycles. The van der Waals surface area contributed by atoms with Crippen molar-refractivity contribution in [2.75, 3.05) is 18.4 Å². The summed E-state index contributed by atoms with van der Waals surface area (Å²) < 4.78 is 2.76. The van der Waals surface area contributed by atoms with Gasteiger partial charge in [0.05, 0.1) is 18.4 Å². The van der Waals surface area contributed by atoms with Gasteiger partial charge >= 0.3 is 12.1 Å². The summed E-state index contributed by atoms with van der Waals surface area (Å²) >= 11 is 2.21. The summed E-state index contributed by atoms with van der Waals surface area (Å²) in [6.07, 6.45) is 3.51. The fourth-order valence-electron chi connectivity index (χ4n) is 4.31. The average Bonchev–Trinajstić information content (AvgIpc) is 3.29. The van der Waals surface area contributed by atoms with Crippen LogP contribution < -0.4 is 10.6 Å². The van der Waals surface area contributed by atoms with E-state index >= 15 is 0 Å². The van der Waals surface area contributed by atoms with Gasteiger partial charge in [0.25, 0.3) is 0 Å². The van der Waals surface area contributed by atoms with E-state index in [0.29, 0.717) is 31.1 Å². The van der Waals surface area contributed by atoms with Crippen molar-refractivity contribution in [3.8, 4) is 0 Å². The predicted molar refractivity (Wildman–Crippen MR) is 128 cm³/mol. The number of carbonyl (C=O) groups excluding carboxylic acids is 3. The van der Waals surface area contributed by atoms with Crippen molar-refractivity contribution < 1.29 is 14.4 Å². The largest absolute Gasteiger partial charge is 0.342 e. The summed E-state index contributed by atoms with van der Waals surface area (Å²) in [5, 5.41) is 5.60. The van der Waals surface area contributed by atoms with Crippen LogP contribution in [0.2, 0.25) is 0 Å². The number of aryl methyl sites for hydroxylation is 1. The molecule has 9 nitrogen and oxygen atoms in total. The van der Waals surface area contributed by atoms with E-state index in [-0.39, 0.29) is 36.5 Å². The molecule has 0 radical (unpaired) electrons. The molecule has 32 heavy (non-hydrogen) atoms. The number of carbonyl (C=O) groups is 3. The van der Waals surface area contributed by atoms with Gasteiger partial charge in [-0.3, -0.25) is 9.36 Å². The van der Waals surface area contributed by atoms with E-state index in [9.17, 15) is 14.4 Å². The van der Waals surface area contributed by atoms with Crippen molar-refractivity contribution in [2.24, 2.45) is 0 Å². The van der Waals surface area contributed by atoms with E-state index in [4.69, 9.17) is 0 Å². The first-order valence-electron chi connectivity index (χ1n) is 10.8. The number of benzene rings is 1. The van der Waals surface area contributed by atoms with Gasteiger partial charge in [-0.05, 0) is 73.5 Å². The Morgan fingerprint density at radius 1 is 1.22 bits per heavy atom. The molecule has 1 saturated heterocycles. The number of imidazole rings is 1. The van der Waals surface area contributed by atoms with Crippen molar-refractivity contribution >= 4 is 46.2 Å². The second-order valence-electron chi connectivity index (χ2n) is 8.37. The van der Waals surface area contributed by atoms with E-state index in [1.807, 2.05) is 47.9 Å².